The molecule has 0 unspecified atom stereocenters. The van der Waals surface area contributed by atoms with Crippen molar-refractivity contribution < 1.29 is 9.59 Å². The van der Waals surface area contributed by atoms with E-state index in [0.717, 1.165) is 24.1 Å². The van der Waals surface area contributed by atoms with Crippen molar-refractivity contribution in [3.8, 4) is 0 Å². The second-order valence-corrected chi connectivity index (χ2v) is 5.26. The van der Waals surface area contributed by atoms with Gasteiger partial charge in [-0.05, 0) is 24.5 Å². The highest BCUT2D eigenvalue weighted by atomic mass is 16.2. The summed E-state index contributed by atoms with van der Waals surface area (Å²) in [6, 6.07) is 7.78. The normalized spacial score (nSPS) is 21.2. The fourth-order valence-electron chi connectivity index (χ4n) is 2.67. The minimum atomic E-state index is -0.119. The summed E-state index contributed by atoms with van der Waals surface area (Å²) < 4.78 is 0. The Bertz CT molecular complexity index is 537. The van der Waals surface area contributed by atoms with Crippen molar-refractivity contribution in [2.24, 2.45) is 5.73 Å². The first kappa shape index (κ1) is 12.2. The number of para-hydroxylation sites is 1. The summed E-state index contributed by atoms with van der Waals surface area (Å²) in [6.07, 6.45) is 2.10. The predicted octanol–water partition coefficient (Wildman–Crippen LogP) is 0.140. The molecule has 3 N–H and O–H groups in total. The molecule has 2 fully saturated rings. The highest BCUT2D eigenvalue weighted by Crippen LogP contribution is 2.50. The van der Waals surface area contributed by atoms with Crippen LogP contribution in [0.5, 0.6) is 0 Å². The minimum absolute atomic E-state index is 0.00476. The number of nitrogens with one attached hydrogen (secondary N) is 1. The molecule has 100 valence electrons. The number of carbonyl (C=O) groups is 2. The molecule has 5 nitrogen and oxygen atoms in total. The Hall–Kier alpha value is -1.88. The highest BCUT2D eigenvalue weighted by Gasteiger charge is 2.45. The van der Waals surface area contributed by atoms with Crippen LogP contribution in [-0.4, -0.2) is 31.4 Å². The van der Waals surface area contributed by atoms with E-state index in [1.165, 1.54) is 0 Å². The van der Waals surface area contributed by atoms with Crippen LogP contribution in [0.4, 0.5) is 5.69 Å². The van der Waals surface area contributed by atoms with Gasteiger partial charge >= 0.3 is 0 Å². The summed E-state index contributed by atoms with van der Waals surface area (Å²) in [4.78, 5) is 25.1. The number of benzene rings is 1. The Balaban J connectivity index is 2.00. The lowest BCUT2D eigenvalue weighted by molar-refractivity contribution is -0.128. The smallest absolute Gasteiger partial charge is 0.246 e. The zero-order valence-corrected chi connectivity index (χ0v) is 10.7. The molecule has 0 spiro atoms. The van der Waals surface area contributed by atoms with Gasteiger partial charge in [0.25, 0.3) is 0 Å². The van der Waals surface area contributed by atoms with E-state index in [1.807, 2.05) is 24.3 Å². The second kappa shape index (κ2) is 4.35. The van der Waals surface area contributed by atoms with Crippen molar-refractivity contribution in [2.45, 2.75) is 18.3 Å². The topological polar surface area (TPSA) is 75.4 Å². The van der Waals surface area contributed by atoms with Gasteiger partial charge in [-0.3, -0.25) is 9.59 Å². The van der Waals surface area contributed by atoms with Crippen LogP contribution in [-0.2, 0) is 15.0 Å². The van der Waals surface area contributed by atoms with Gasteiger partial charge in [0.2, 0.25) is 11.8 Å². The van der Waals surface area contributed by atoms with E-state index in [4.69, 9.17) is 5.73 Å². The molecule has 1 aliphatic heterocycles. The first-order valence-corrected chi connectivity index (χ1v) is 6.53. The van der Waals surface area contributed by atoms with Crippen LogP contribution in [0.25, 0.3) is 0 Å². The highest BCUT2D eigenvalue weighted by molar-refractivity contribution is 6.05. The fourth-order valence-corrected chi connectivity index (χ4v) is 2.67. The number of carbonyl (C=O) groups excluding carboxylic acids is 2. The van der Waals surface area contributed by atoms with Gasteiger partial charge in [0.1, 0.15) is 6.54 Å². The molecule has 1 saturated heterocycles. The molecule has 1 aromatic rings. The van der Waals surface area contributed by atoms with Gasteiger partial charge in [0.05, 0.1) is 6.54 Å². The molecular formula is C14H17N3O2. The Morgan fingerprint density at radius 2 is 2.00 bits per heavy atom. The van der Waals surface area contributed by atoms with E-state index in [1.54, 1.807) is 4.90 Å². The van der Waals surface area contributed by atoms with E-state index in [0.29, 0.717) is 6.54 Å². The lowest BCUT2D eigenvalue weighted by atomic mass is 9.93. The number of nitrogens with two attached hydrogens (primary N) is 1. The number of hydrogen-bond acceptors (Lipinski definition) is 3. The summed E-state index contributed by atoms with van der Waals surface area (Å²) in [5.74, 6) is -0.188. The molecule has 0 atom stereocenters. The molecule has 0 aromatic heterocycles. The van der Waals surface area contributed by atoms with Crippen LogP contribution in [0.3, 0.4) is 0 Å². The third-order valence-corrected chi connectivity index (χ3v) is 4.05. The van der Waals surface area contributed by atoms with Crippen molar-refractivity contribution in [2.75, 3.05) is 24.5 Å². The van der Waals surface area contributed by atoms with Crippen molar-refractivity contribution in [3.63, 3.8) is 0 Å². The fraction of sp³-hybridized carbons (Fsp3) is 0.429. The molecule has 1 aliphatic carbocycles. The maximum absolute atomic E-state index is 12.0. The molecule has 1 heterocycles. The van der Waals surface area contributed by atoms with Gasteiger partial charge in [-0.2, -0.15) is 0 Å². The summed E-state index contributed by atoms with van der Waals surface area (Å²) in [5, 5.41) is 2.56. The molecule has 19 heavy (non-hydrogen) atoms. The van der Waals surface area contributed by atoms with E-state index < -0.39 is 0 Å². The standard InChI is InChI=1S/C14H17N3O2/c15-9-14(5-6-14)10-3-1-2-4-11(10)17-8-12(18)16-7-13(17)19/h1-4H,5-9,15H2,(H,16,18). The summed E-state index contributed by atoms with van der Waals surface area (Å²) in [7, 11) is 0. The van der Waals surface area contributed by atoms with Crippen molar-refractivity contribution in [3.05, 3.63) is 29.8 Å². The van der Waals surface area contributed by atoms with E-state index >= 15 is 0 Å². The number of amides is 2. The van der Waals surface area contributed by atoms with Gasteiger partial charge in [-0.1, -0.05) is 18.2 Å². The van der Waals surface area contributed by atoms with Gasteiger partial charge < -0.3 is 16.0 Å². The van der Waals surface area contributed by atoms with Gasteiger partial charge in [-0.25, -0.2) is 0 Å². The Morgan fingerprint density at radius 1 is 1.26 bits per heavy atom. The third-order valence-electron chi connectivity index (χ3n) is 4.05. The Morgan fingerprint density at radius 3 is 2.68 bits per heavy atom. The maximum atomic E-state index is 12.0. The minimum Gasteiger partial charge on any atom is -0.345 e. The van der Waals surface area contributed by atoms with Crippen LogP contribution in [0, 0.1) is 0 Å². The molecule has 1 aromatic carbocycles. The lowest BCUT2D eigenvalue weighted by Gasteiger charge is -2.30. The molecule has 2 aliphatic rings. The zero-order valence-electron chi connectivity index (χ0n) is 10.7. The van der Waals surface area contributed by atoms with Gasteiger partial charge in [0, 0.05) is 17.6 Å². The van der Waals surface area contributed by atoms with Crippen LogP contribution >= 0.6 is 0 Å². The lowest BCUT2D eigenvalue weighted by Crippen LogP contribution is -2.52. The van der Waals surface area contributed by atoms with Crippen LogP contribution < -0.4 is 16.0 Å². The largest absolute Gasteiger partial charge is 0.345 e. The number of rotatable bonds is 3. The average Bonchev–Trinajstić information content (AvgIpc) is 3.23. The number of piperazine rings is 1. The van der Waals surface area contributed by atoms with Crippen molar-refractivity contribution in [1.29, 1.82) is 0 Å². The monoisotopic (exact) mass is 259 g/mol. The van der Waals surface area contributed by atoms with Gasteiger partial charge in [0.15, 0.2) is 0 Å². The van der Waals surface area contributed by atoms with Crippen molar-refractivity contribution in [1.82, 2.24) is 5.32 Å². The number of anilines is 1. The van der Waals surface area contributed by atoms with Crippen molar-refractivity contribution >= 4 is 17.5 Å². The van der Waals surface area contributed by atoms with Gasteiger partial charge in [-0.15, -0.1) is 0 Å². The molecule has 0 radical (unpaired) electrons. The molecule has 5 heteroatoms. The summed E-state index contributed by atoms with van der Waals surface area (Å²) in [5.41, 5.74) is 7.82. The van der Waals surface area contributed by atoms with Crippen LogP contribution in [0.1, 0.15) is 18.4 Å². The number of nitrogens with zero attached hydrogens (tertiary/aromatic N) is 1. The Kier molecular flexibility index (Phi) is 2.78. The van der Waals surface area contributed by atoms with Crippen LogP contribution in [0.2, 0.25) is 0 Å². The molecule has 2 amide bonds. The quantitative estimate of drug-likeness (QED) is 0.810. The van der Waals surface area contributed by atoms with E-state index in [9.17, 15) is 9.59 Å². The summed E-state index contributed by atoms with van der Waals surface area (Å²) in [6.45, 7) is 0.748. The molecule has 3 rings (SSSR count). The zero-order chi connectivity index (χ0) is 13.5. The second-order valence-electron chi connectivity index (χ2n) is 5.26. The predicted molar refractivity (Wildman–Crippen MR) is 71.8 cm³/mol. The van der Waals surface area contributed by atoms with E-state index in [2.05, 4.69) is 5.32 Å². The average molecular weight is 259 g/mol. The molecule has 1 saturated carbocycles. The first-order valence-electron chi connectivity index (χ1n) is 6.53. The SMILES string of the molecule is NCC1(c2ccccc2N2CC(=O)NCC2=O)CC1. The third kappa shape index (κ3) is 2.00. The maximum Gasteiger partial charge on any atom is 0.246 e. The molecule has 0 bridgehead atoms. The van der Waals surface area contributed by atoms with E-state index in [-0.39, 0.29) is 30.3 Å². The summed E-state index contributed by atoms with van der Waals surface area (Å²) >= 11 is 0. The Labute approximate surface area is 111 Å². The first-order chi connectivity index (χ1) is 9.16. The molecular weight excluding hydrogens is 242 g/mol. The number of hydrogen-bond donors (Lipinski definition) is 2. The van der Waals surface area contributed by atoms with Crippen LogP contribution in [0.15, 0.2) is 24.3 Å².